The zero-order valence-corrected chi connectivity index (χ0v) is 17.2. The zero-order chi connectivity index (χ0) is 21.0. The Balaban J connectivity index is 1.44. The number of nitrogens with zero attached hydrogens (tertiary/aromatic N) is 4. The number of hydrogen-bond donors (Lipinski definition) is 1. The lowest BCUT2D eigenvalue weighted by molar-refractivity contribution is 0.102. The van der Waals surface area contributed by atoms with E-state index in [2.05, 4.69) is 27.5 Å². The van der Waals surface area contributed by atoms with Crippen LogP contribution >= 0.6 is 11.3 Å². The SMILES string of the molecule is O=C(Nc1nc(-c2ccccc2)c(-c2ccccc2)s1)c1ccc(-n2cncn2)cc1. The fraction of sp³-hybridized carbons (Fsp3) is 0. The van der Waals surface area contributed by atoms with E-state index in [9.17, 15) is 4.79 Å². The number of anilines is 1. The summed E-state index contributed by atoms with van der Waals surface area (Å²) in [6.07, 6.45) is 3.08. The molecular weight excluding hydrogens is 406 g/mol. The number of nitrogens with one attached hydrogen (secondary N) is 1. The summed E-state index contributed by atoms with van der Waals surface area (Å²) in [6.45, 7) is 0. The van der Waals surface area contributed by atoms with Gasteiger partial charge in [0, 0.05) is 11.1 Å². The van der Waals surface area contributed by atoms with E-state index in [0.717, 1.165) is 27.4 Å². The quantitative estimate of drug-likeness (QED) is 0.416. The molecule has 0 bridgehead atoms. The number of amides is 1. The first-order valence-electron chi connectivity index (χ1n) is 9.66. The van der Waals surface area contributed by atoms with Crippen LogP contribution in [0.1, 0.15) is 10.4 Å². The molecule has 5 aromatic rings. The number of hydrogen-bond acceptors (Lipinski definition) is 5. The van der Waals surface area contributed by atoms with E-state index in [4.69, 9.17) is 4.98 Å². The van der Waals surface area contributed by atoms with Crippen LogP contribution in [-0.2, 0) is 0 Å². The van der Waals surface area contributed by atoms with Gasteiger partial charge in [-0.15, -0.1) is 0 Å². The molecule has 0 spiro atoms. The maximum Gasteiger partial charge on any atom is 0.257 e. The first-order valence-corrected chi connectivity index (χ1v) is 10.5. The van der Waals surface area contributed by atoms with Gasteiger partial charge in [-0.3, -0.25) is 10.1 Å². The molecule has 2 aromatic heterocycles. The minimum atomic E-state index is -0.210. The molecule has 0 fully saturated rings. The van der Waals surface area contributed by atoms with Crippen molar-refractivity contribution in [2.75, 3.05) is 5.32 Å². The third kappa shape index (κ3) is 3.99. The third-order valence-corrected chi connectivity index (χ3v) is 5.76. The average molecular weight is 424 g/mol. The van der Waals surface area contributed by atoms with Crippen LogP contribution in [-0.4, -0.2) is 25.7 Å². The molecule has 0 saturated heterocycles. The summed E-state index contributed by atoms with van der Waals surface area (Å²) in [7, 11) is 0. The number of aromatic nitrogens is 4. The highest BCUT2D eigenvalue weighted by atomic mass is 32.1. The van der Waals surface area contributed by atoms with E-state index in [1.165, 1.54) is 17.7 Å². The highest BCUT2D eigenvalue weighted by Gasteiger charge is 2.17. The Hall–Kier alpha value is -4.10. The highest BCUT2D eigenvalue weighted by Crippen LogP contribution is 2.39. The van der Waals surface area contributed by atoms with Crippen molar-refractivity contribution >= 4 is 22.4 Å². The van der Waals surface area contributed by atoms with Gasteiger partial charge in [-0.25, -0.2) is 14.6 Å². The third-order valence-electron chi connectivity index (χ3n) is 4.74. The van der Waals surface area contributed by atoms with Crippen molar-refractivity contribution in [1.29, 1.82) is 0 Å². The molecule has 6 nitrogen and oxygen atoms in total. The van der Waals surface area contributed by atoms with Crippen LogP contribution in [0.3, 0.4) is 0 Å². The van der Waals surface area contributed by atoms with Crippen LogP contribution in [0.2, 0.25) is 0 Å². The topological polar surface area (TPSA) is 72.7 Å². The molecule has 0 radical (unpaired) electrons. The lowest BCUT2D eigenvalue weighted by atomic mass is 10.1. The molecule has 0 saturated carbocycles. The van der Waals surface area contributed by atoms with E-state index >= 15 is 0 Å². The van der Waals surface area contributed by atoms with Gasteiger partial charge in [0.1, 0.15) is 12.7 Å². The Bertz CT molecular complexity index is 1240. The standard InChI is InChI=1S/C24H17N5OS/c30-23(19-11-13-20(14-12-19)29-16-25-15-26-29)28-24-27-21(17-7-3-1-4-8-17)22(31-24)18-9-5-2-6-10-18/h1-16H,(H,27,28,30). The fourth-order valence-electron chi connectivity index (χ4n) is 3.23. The smallest absolute Gasteiger partial charge is 0.257 e. The Labute approximate surface area is 182 Å². The van der Waals surface area contributed by atoms with Crippen molar-refractivity contribution in [2.45, 2.75) is 0 Å². The molecule has 2 heterocycles. The van der Waals surface area contributed by atoms with Crippen LogP contribution in [0.5, 0.6) is 0 Å². The molecule has 150 valence electrons. The summed E-state index contributed by atoms with van der Waals surface area (Å²) in [4.78, 5) is 22.5. The van der Waals surface area contributed by atoms with E-state index in [1.54, 1.807) is 23.1 Å². The average Bonchev–Trinajstić information content (AvgIpc) is 3.51. The van der Waals surface area contributed by atoms with Crippen molar-refractivity contribution in [3.63, 3.8) is 0 Å². The maximum absolute atomic E-state index is 12.8. The first-order chi connectivity index (χ1) is 15.3. The van der Waals surface area contributed by atoms with Crippen LogP contribution in [0.25, 0.3) is 27.4 Å². The van der Waals surface area contributed by atoms with Crippen molar-refractivity contribution in [3.8, 4) is 27.4 Å². The molecule has 3 aromatic carbocycles. The molecule has 31 heavy (non-hydrogen) atoms. The monoisotopic (exact) mass is 423 g/mol. The van der Waals surface area contributed by atoms with Gasteiger partial charge in [0.2, 0.25) is 0 Å². The zero-order valence-electron chi connectivity index (χ0n) is 16.3. The summed E-state index contributed by atoms with van der Waals surface area (Å²) in [5.41, 5.74) is 4.31. The van der Waals surface area contributed by atoms with Gasteiger partial charge < -0.3 is 0 Å². The molecule has 1 N–H and O–H groups in total. The van der Waals surface area contributed by atoms with Gasteiger partial charge in [0.25, 0.3) is 5.91 Å². The molecule has 7 heteroatoms. The Morgan fingerprint density at radius 1 is 0.839 bits per heavy atom. The second kappa shape index (κ2) is 8.33. The van der Waals surface area contributed by atoms with Crippen LogP contribution in [0.15, 0.2) is 97.6 Å². The Morgan fingerprint density at radius 3 is 2.16 bits per heavy atom. The van der Waals surface area contributed by atoms with E-state index < -0.39 is 0 Å². The lowest BCUT2D eigenvalue weighted by Gasteiger charge is -2.04. The summed E-state index contributed by atoms with van der Waals surface area (Å²) in [6, 6.07) is 27.3. The fourth-order valence-corrected chi connectivity index (χ4v) is 4.21. The number of rotatable bonds is 5. The maximum atomic E-state index is 12.8. The summed E-state index contributed by atoms with van der Waals surface area (Å²) in [5, 5.41) is 7.60. The molecule has 5 rings (SSSR count). The molecule has 0 aliphatic heterocycles. The minimum absolute atomic E-state index is 0.210. The van der Waals surface area contributed by atoms with E-state index in [-0.39, 0.29) is 5.91 Å². The van der Waals surface area contributed by atoms with Gasteiger partial charge in [0.05, 0.1) is 16.3 Å². The van der Waals surface area contributed by atoms with Gasteiger partial charge in [-0.05, 0) is 29.8 Å². The van der Waals surface area contributed by atoms with Crippen molar-refractivity contribution in [1.82, 2.24) is 19.7 Å². The molecule has 0 atom stereocenters. The minimum Gasteiger partial charge on any atom is -0.298 e. The molecule has 0 unspecified atom stereocenters. The van der Waals surface area contributed by atoms with Gasteiger partial charge in [-0.2, -0.15) is 5.10 Å². The first kappa shape index (κ1) is 18.9. The molecule has 0 aliphatic carbocycles. The number of benzene rings is 3. The van der Waals surface area contributed by atoms with Crippen molar-refractivity contribution < 1.29 is 4.79 Å². The van der Waals surface area contributed by atoms with Gasteiger partial charge in [-0.1, -0.05) is 72.0 Å². The van der Waals surface area contributed by atoms with Gasteiger partial charge >= 0.3 is 0 Å². The van der Waals surface area contributed by atoms with Gasteiger partial charge in [0.15, 0.2) is 5.13 Å². The second-order valence-corrected chi connectivity index (χ2v) is 7.77. The van der Waals surface area contributed by atoms with Crippen LogP contribution < -0.4 is 5.32 Å². The Kier molecular flexibility index (Phi) is 5.08. The number of carbonyl (C=O) groups is 1. The van der Waals surface area contributed by atoms with E-state index in [1.807, 2.05) is 60.7 Å². The van der Waals surface area contributed by atoms with Crippen LogP contribution in [0, 0.1) is 0 Å². The summed E-state index contributed by atoms with van der Waals surface area (Å²) in [5.74, 6) is -0.210. The largest absolute Gasteiger partial charge is 0.298 e. The predicted octanol–water partition coefficient (Wildman–Crippen LogP) is 5.31. The molecule has 1 amide bonds. The predicted molar refractivity (Wildman–Crippen MR) is 122 cm³/mol. The lowest BCUT2D eigenvalue weighted by Crippen LogP contribution is -2.11. The van der Waals surface area contributed by atoms with Crippen molar-refractivity contribution in [3.05, 3.63) is 103 Å². The highest BCUT2D eigenvalue weighted by molar-refractivity contribution is 7.19. The normalized spacial score (nSPS) is 10.7. The number of thiazole rings is 1. The van der Waals surface area contributed by atoms with Crippen LogP contribution in [0.4, 0.5) is 5.13 Å². The van der Waals surface area contributed by atoms with Crippen molar-refractivity contribution in [2.24, 2.45) is 0 Å². The second-order valence-electron chi connectivity index (χ2n) is 6.77. The summed E-state index contributed by atoms with van der Waals surface area (Å²) < 4.78 is 1.64. The summed E-state index contributed by atoms with van der Waals surface area (Å²) >= 11 is 1.47. The van der Waals surface area contributed by atoms with E-state index in [0.29, 0.717) is 10.7 Å². The Morgan fingerprint density at radius 2 is 1.52 bits per heavy atom. The molecule has 0 aliphatic rings. The molecular formula is C24H17N5OS. The number of carbonyl (C=O) groups excluding carboxylic acids is 1.